The molecule has 1 saturated heterocycles. The van der Waals surface area contributed by atoms with Crippen molar-refractivity contribution in [2.24, 2.45) is 5.92 Å². The van der Waals surface area contributed by atoms with Crippen LogP contribution < -0.4 is 10.6 Å². The van der Waals surface area contributed by atoms with Gasteiger partial charge in [-0.2, -0.15) is 5.26 Å². The van der Waals surface area contributed by atoms with Crippen molar-refractivity contribution < 1.29 is 4.79 Å². The summed E-state index contributed by atoms with van der Waals surface area (Å²) in [6.07, 6.45) is 2.28. The van der Waals surface area contributed by atoms with Gasteiger partial charge in [0.2, 0.25) is 5.91 Å². The van der Waals surface area contributed by atoms with E-state index in [1.54, 1.807) is 11.0 Å². The number of hydrogen-bond donors (Lipinski definition) is 1. The number of likely N-dealkylation sites (tertiary alicyclic amines) is 1. The van der Waals surface area contributed by atoms with Crippen LogP contribution in [0.25, 0.3) is 0 Å². The fourth-order valence-corrected chi connectivity index (χ4v) is 2.68. The highest BCUT2D eigenvalue weighted by molar-refractivity contribution is 5.78. The third kappa shape index (κ3) is 3.40. The highest BCUT2D eigenvalue weighted by atomic mass is 16.2. The summed E-state index contributed by atoms with van der Waals surface area (Å²) in [4.78, 5) is 23.8. The van der Waals surface area contributed by atoms with Gasteiger partial charge in [0.1, 0.15) is 24.4 Å². The Kier molecular flexibility index (Phi) is 4.58. The van der Waals surface area contributed by atoms with Crippen LogP contribution in [0.15, 0.2) is 12.4 Å². The molecule has 7 nitrogen and oxygen atoms in total. The van der Waals surface area contributed by atoms with Gasteiger partial charge in [-0.05, 0) is 12.3 Å². The lowest BCUT2D eigenvalue weighted by Crippen LogP contribution is -2.52. The molecule has 2 rings (SSSR count). The van der Waals surface area contributed by atoms with Crippen molar-refractivity contribution in [1.82, 2.24) is 14.9 Å². The minimum absolute atomic E-state index is 0.0642. The number of nitrogens with two attached hydrogens (primary N) is 1. The number of nitriles is 1. The molecule has 0 spiro atoms. The zero-order valence-electron chi connectivity index (χ0n) is 12.4. The van der Waals surface area contributed by atoms with E-state index >= 15 is 0 Å². The largest absolute Gasteiger partial charge is 0.384 e. The first-order valence-electron chi connectivity index (χ1n) is 6.98. The number of anilines is 2. The minimum Gasteiger partial charge on any atom is -0.384 e. The molecule has 2 N–H and O–H groups in total. The SMILES string of the molecule is C[C@H]1CCN(C(=O)CC#N)C[C@H]1N(C)c1cc(N)ncn1. The lowest BCUT2D eigenvalue weighted by Gasteiger charge is -2.42. The Hall–Kier alpha value is -2.36. The molecule has 112 valence electrons. The van der Waals surface area contributed by atoms with E-state index in [0.29, 0.717) is 24.8 Å². The van der Waals surface area contributed by atoms with Crippen molar-refractivity contribution >= 4 is 17.5 Å². The Labute approximate surface area is 124 Å². The van der Waals surface area contributed by atoms with Gasteiger partial charge in [0.05, 0.1) is 12.1 Å². The minimum atomic E-state index is -0.106. The lowest BCUT2D eigenvalue weighted by atomic mass is 9.92. The van der Waals surface area contributed by atoms with Gasteiger partial charge in [-0.3, -0.25) is 4.79 Å². The maximum absolute atomic E-state index is 11.9. The topological polar surface area (TPSA) is 99.1 Å². The first kappa shape index (κ1) is 15.0. The van der Waals surface area contributed by atoms with E-state index < -0.39 is 0 Å². The number of aromatic nitrogens is 2. The number of rotatable bonds is 3. The van der Waals surface area contributed by atoms with Gasteiger partial charge >= 0.3 is 0 Å². The van der Waals surface area contributed by atoms with Crippen LogP contribution in [0.2, 0.25) is 0 Å². The number of nitrogen functional groups attached to an aromatic ring is 1. The predicted octanol–water partition coefficient (Wildman–Crippen LogP) is 0.646. The second kappa shape index (κ2) is 6.39. The molecule has 0 aromatic carbocycles. The first-order chi connectivity index (χ1) is 10.0. The summed E-state index contributed by atoms with van der Waals surface area (Å²) in [5, 5.41) is 8.66. The second-order valence-electron chi connectivity index (χ2n) is 5.42. The molecule has 0 bridgehead atoms. The summed E-state index contributed by atoms with van der Waals surface area (Å²) in [6.45, 7) is 3.47. The van der Waals surface area contributed by atoms with Crippen molar-refractivity contribution in [2.75, 3.05) is 30.8 Å². The number of carbonyl (C=O) groups excluding carboxylic acids is 1. The molecule has 2 atom stereocenters. The number of nitrogens with zero attached hydrogens (tertiary/aromatic N) is 5. The number of amides is 1. The summed E-state index contributed by atoms with van der Waals surface area (Å²) >= 11 is 0. The summed E-state index contributed by atoms with van der Waals surface area (Å²) in [5.74, 6) is 1.49. The van der Waals surface area contributed by atoms with E-state index in [9.17, 15) is 4.79 Å². The average molecular weight is 288 g/mol. The van der Waals surface area contributed by atoms with Crippen LogP contribution in [0.4, 0.5) is 11.6 Å². The van der Waals surface area contributed by atoms with Crippen molar-refractivity contribution in [2.45, 2.75) is 25.8 Å². The van der Waals surface area contributed by atoms with E-state index in [2.05, 4.69) is 16.9 Å². The molecule has 1 aromatic rings. The van der Waals surface area contributed by atoms with Crippen LogP contribution in [0.3, 0.4) is 0 Å². The van der Waals surface area contributed by atoms with Gasteiger partial charge in [-0.15, -0.1) is 0 Å². The van der Waals surface area contributed by atoms with E-state index in [1.807, 2.05) is 18.0 Å². The Morgan fingerprint density at radius 1 is 1.62 bits per heavy atom. The summed E-state index contributed by atoms with van der Waals surface area (Å²) in [7, 11) is 1.95. The van der Waals surface area contributed by atoms with Gasteiger partial charge in [0.15, 0.2) is 0 Å². The van der Waals surface area contributed by atoms with E-state index in [0.717, 1.165) is 12.2 Å². The Bertz CT molecular complexity index is 555. The van der Waals surface area contributed by atoms with Crippen LogP contribution >= 0.6 is 0 Å². The zero-order chi connectivity index (χ0) is 15.4. The molecule has 0 aliphatic carbocycles. The molecule has 2 heterocycles. The highest BCUT2D eigenvalue weighted by Crippen LogP contribution is 2.25. The van der Waals surface area contributed by atoms with E-state index in [4.69, 9.17) is 11.0 Å². The molecule has 1 aromatic heterocycles. The normalized spacial score (nSPS) is 21.7. The second-order valence-corrected chi connectivity index (χ2v) is 5.42. The molecule has 21 heavy (non-hydrogen) atoms. The Morgan fingerprint density at radius 3 is 3.05 bits per heavy atom. The van der Waals surface area contributed by atoms with Crippen molar-refractivity contribution in [3.05, 3.63) is 12.4 Å². The molecule has 1 amide bonds. The summed E-state index contributed by atoms with van der Waals surface area (Å²) in [6, 6.07) is 3.79. The molecule has 0 unspecified atom stereocenters. The standard InChI is InChI=1S/C14H20N6O/c1-10-4-6-20(14(21)3-5-15)8-11(10)19(2)13-7-12(16)17-9-18-13/h7,9-11H,3-4,6,8H2,1-2H3,(H2,16,17,18)/t10-,11+/m0/s1. The van der Waals surface area contributed by atoms with E-state index in [1.165, 1.54) is 6.33 Å². The monoisotopic (exact) mass is 288 g/mol. The number of hydrogen-bond acceptors (Lipinski definition) is 6. The number of carbonyl (C=O) groups is 1. The molecular weight excluding hydrogens is 268 g/mol. The van der Waals surface area contributed by atoms with Gasteiger partial charge in [0, 0.05) is 26.2 Å². The van der Waals surface area contributed by atoms with Crippen molar-refractivity contribution in [1.29, 1.82) is 5.26 Å². The third-order valence-corrected chi connectivity index (χ3v) is 4.03. The van der Waals surface area contributed by atoms with Gasteiger partial charge in [0.25, 0.3) is 0 Å². The highest BCUT2D eigenvalue weighted by Gasteiger charge is 2.31. The fraction of sp³-hybridized carbons (Fsp3) is 0.571. The number of piperidine rings is 1. The summed E-state index contributed by atoms with van der Waals surface area (Å²) in [5.41, 5.74) is 5.70. The molecular formula is C14H20N6O. The number of likely N-dealkylation sites (N-methyl/N-ethyl adjacent to an activating group) is 1. The lowest BCUT2D eigenvalue weighted by molar-refractivity contribution is -0.131. The van der Waals surface area contributed by atoms with Crippen LogP contribution in [-0.2, 0) is 4.79 Å². The molecule has 1 aliphatic rings. The smallest absolute Gasteiger partial charge is 0.236 e. The molecule has 0 saturated carbocycles. The van der Waals surface area contributed by atoms with Crippen LogP contribution in [0.5, 0.6) is 0 Å². The maximum Gasteiger partial charge on any atom is 0.236 e. The van der Waals surface area contributed by atoms with Crippen LogP contribution in [0.1, 0.15) is 19.8 Å². The average Bonchev–Trinajstić information content (AvgIpc) is 2.47. The van der Waals surface area contributed by atoms with Crippen LogP contribution in [0, 0.1) is 17.2 Å². The quantitative estimate of drug-likeness (QED) is 0.876. The van der Waals surface area contributed by atoms with Crippen LogP contribution in [-0.4, -0.2) is 47.0 Å². The van der Waals surface area contributed by atoms with Gasteiger partial charge in [-0.25, -0.2) is 9.97 Å². The van der Waals surface area contributed by atoms with E-state index in [-0.39, 0.29) is 18.4 Å². The Morgan fingerprint density at radius 2 is 2.38 bits per heavy atom. The third-order valence-electron chi connectivity index (χ3n) is 4.03. The molecule has 1 fully saturated rings. The van der Waals surface area contributed by atoms with Crippen molar-refractivity contribution in [3.63, 3.8) is 0 Å². The first-order valence-corrected chi connectivity index (χ1v) is 6.98. The summed E-state index contributed by atoms with van der Waals surface area (Å²) < 4.78 is 0. The van der Waals surface area contributed by atoms with Crippen molar-refractivity contribution in [3.8, 4) is 6.07 Å². The molecule has 1 aliphatic heterocycles. The molecule has 7 heteroatoms. The van der Waals surface area contributed by atoms with Gasteiger partial charge < -0.3 is 15.5 Å². The fourth-order valence-electron chi connectivity index (χ4n) is 2.68. The maximum atomic E-state index is 11.9. The zero-order valence-corrected chi connectivity index (χ0v) is 12.4. The Balaban J connectivity index is 2.13. The molecule has 0 radical (unpaired) electrons. The van der Waals surface area contributed by atoms with Gasteiger partial charge in [-0.1, -0.05) is 6.92 Å². The predicted molar refractivity (Wildman–Crippen MR) is 79.2 cm³/mol.